The highest BCUT2D eigenvalue weighted by atomic mass is 16.5. The number of nitrogens with zero attached hydrogens (tertiary/aromatic N) is 4. The fourth-order valence-corrected chi connectivity index (χ4v) is 5.34. The number of fused-ring (bicyclic) bond motifs is 1. The lowest BCUT2D eigenvalue weighted by molar-refractivity contribution is -0.149. The summed E-state index contributed by atoms with van der Waals surface area (Å²) < 4.78 is 13.0. The van der Waals surface area contributed by atoms with E-state index in [1.807, 2.05) is 18.4 Å². The first-order chi connectivity index (χ1) is 21.3. The number of hydrogen-bond donors (Lipinski definition) is 2. The smallest absolute Gasteiger partial charge is 0.323 e. The standard InChI is InChI=1S/C34H60N6O4/c1-4-6-7-8-9-10-11-12-13-14-15-16-17-18-19-20-30(41)44-25-28(21-22-43-33(42)31(35)27(3)5-2)24-40-26-38-29-23-37-34(36)39-32(29)40/h23,26-28,31H,4-22,24-25,35H2,1-3H3,(H2,36,37,39)/t27?,28-,31+/m1/s1. The summed E-state index contributed by atoms with van der Waals surface area (Å²) in [5.41, 5.74) is 13.1. The van der Waals surface area contributed by atoms with E-state index in [-0.39, 0.29) is 37.0 Å². The average molecular weight is 617 g/mol. The Morgan fingerprint density at radius 2 is 1.45 bits per heavy atom. The molecule has 2 aromatic rings. The van der Waals surface area contributed by atoms with Gasteiger partial charge in [-0.25, -0.2) is 9.97 Å². The lowest BCUT2D eigenvalue weighted by Gasteiger charge is -2.20. The molecule has 2 aromatic heterocycles. The van der Waals surface area contributed by atoms with Crippen LogP contribution in [0.25, 0.3) is 11.2 Å². The highest BCUT2D eigenvalue weighted by Gasteiger charge is 2.22. The Hall–Kier alpha value is -2.75. The number of ether oxygens (including phenoxy) is 2. The summed E-state index contributed by atoms with van der Waals surface area (Å²) in [7, 11) is 0. The number of rotatable bonds is 26. The van der Waals surface area contributed by atoms with E-state index in [0.717, 1.165) is 25.7 Å². The molecule has 44 heavy (non-hydrogen) atoms. The topological polar surface area (TPSA) is 148 Å². The van der Waals surface area contributed by atoms with Crippen LogP contribution in [0.4, 0.5) is 5.95 Å². The summed E-state index contributed by atoms with van der Waals surface area (Å²) in [5.74, 6) is -0.499. The molecule has 250 valence electrons. The monoisotopic (exact) mass is 616 g/mol. The van der Waals surface area contributed by atoms with Crippen LogP contribution in [0.5, 0.6) is 0 Å². The maximum absolute atomic E-state index is 12.5. The number of nitrogens with two attached hydrogens (primary N) is 2. The molecule has 4 N–H and O–H groups in total. The molecule has 0 aliphatic rings. The molecule has 0 bridgehead atoms. The Labute approximate surface area is 265 Å². The third kappa shape index (κ3) is 15.3. The van der Waals surface area contributed by atoms with Gasteiger partial charge < -0.3 is 25.5 Å². The van der Waals surface area contributed by atoms with Gasteiger partial charge in [0.2, 0.25) is 5.95 Å². The lowest BCUT2D eigenvalue weighted by Crippen LogP contribution is -2.38. The zero-order chi connectivity index (χ0) is 32.0. The fourth-order valence-electron chi connectivity index (χ4n) is 5.34. The molecule has 2 rings (SSSR count). The highest BCUT2D eigenvalue weighted by molar-refractivity contribution is 5.75. The van der Waals surface area contributed by atoms with Gasteiger partial charge in [-0.05, 0) is 18.8 Å². The van der Waals surface area contributed by atoms with Crippen LogP contribution in [0.1, 0.15) is 136 Å². The SMILES string of the molecule is CCCCCCCCCCCCCCCCCC(=O)OC[C@H](CCOC(=O)[C@@H](N)C(C)CC)Cn1cnc2cnc(N)nc21. The zero-order valence-corrected chi connectivity index (χ0v) is 27.8. The van der Waals surface area contributed by atoms with Crippen molar-refractivity contribution in [3.63, 3.8) is 0 Å². The maximum atomic E-state index is 12.5. The first-order valence-electron chi connectivity index (χ1n) is 17.4. The Balaban J connectivity index is 1.66. The van der Waals surface area contributed by atoms with E-state index < -0.39 is 12.0 Å². The Kier molecular flexibility index (Phi) is 19.3. The lowest BCUT2D eigenvalue weighted by atomic mass is 10.0. The van der Waals surface area contributed by atoms with Gasteiger partial charge in [-0.3, -0.25) is 9.59 Å². The van der Waals surface area contributed by atoms with Crippen molar-refractivity contribution in [2.45, 2.75) is 149 Å². The second kappa shape index (κ2) is 22.7. The van der Waals surface area contributed by atoms with E-state index >= 15 is 0 Å². The molecule has 3 atom stereocenters. The number of carbonyl (C=O) groups is 2. The van der Waals surface area contributed by atoms with Crippen molar-refractivity contribution < 1.29 is 19.1 Å². The van der Waals surface area contributed by atoms with Gasteiger partial charge in [0.05, 0.1) is 25.7 Å². The van der Waals surface area contributed by atoms with Gasteiger partial charge >= 0.3 is 11.9 Å². The molecule has 10 heteroatoms. The first kappa shape index (κ1) is 37.4. The van der Waals surface area contributed by atoms with Crippen LogP contribution in [0.3, 0.4) is 0 Å². The summed E-state index contributed by atoms with van der Waals surface area (Å²) in [4.78, 5) is 37.6. The zero-order valence-electron chi connectivity index (χ0n) is 27.8. The van der Waals surface area contributed by atoms with Gasteiger partial charge in [0.15, 0.2) is 5.65 Å². The third-order valence-corrected chi connectivity index (χ3v) is 8.60. The molecule has 2 heterocycles. The minimum atomic E-state index is -0.650. The van der Waals surface area contributed by atoms with Crippen LogP contribution in [0.15, 0.2) is 12.5 Å². The molecule has 1 unspecified atom stereocenters. The molecule has 0 amide bonds. The van der Waals surface area contributed by atoms with Crippen LogP contribution in [-0.2, 0) is 25.6 Å². The summed E-state index contributed by atoms with van der Waals surface area (Å²) in [6.07, 6.45) is 24.3. The summed E-state index contributed by atoms with van der Waals surface area (Å²) in [5, 5.41) is 0. The normalized spacial score (nSPS) is 13.5. The van der Waals surface area contributed by atoms with Gasteiger partial charge in [0, 0.05) is 18.9 Å². The van der Waals surface area contributed by atoms with Gasteiger partial charge in [-0.2, -0.15) is 4.98 Å². The van der Waals surface area contributed by atoms with E-state index in [1.165, 1.54) is 77.0 Å². The van der Waals surface area contributed by atoms with Crippen molar-refractivity contribution in [3.8, 4) is 0 Å². The number of esters is 2. The van der Waals surface area contributed by atoms with Crippen molar-refractivity contribution in [1.82, 2.24) is 19.5 Å². The molecular weight excluding hydrogens is 556 g/mol. The van der Waals surface area contributed by atoms with Crippen molar-refractivity contribution in [3.05, 3.63) is 12.5 Å². The molecule has 0 spiro atoms. The second-order valence-corrected chi connectivity index (χ2v) is 12.5. The molecule has 0 saturated carbocycles. The van der Waals surface area contributed by atoms with Crippen molar-refractivity contribution >= 4 is 29.1 Å². The van der Waals surface area contributed by atoms with Crippen LogP contribution >= 0.6 is 0 Å². The minimum Gasteiger partial charge on any atom is -0.465 e. The first-order valence-corrected chi connectivity index (χ1v) is 17.4. The molecule has 0 aliphatic carbocycles. The van der Waals surface area contributed by atoms with Crippen molar-refractivity contribution in [1.29, 1.82) is 0 Å². The number of nitrogen functional groups attached to an aromatic ring is 1. The predicted molar refractivity (Wildman–Crippen MR) is 177 cm³/mol. The molecular formula is C34H60N6O4. The summed E-state index contributed by atoms with van der Waals surface area (Å²) in [6.45, 7) is 7.08. The molecule has 0 aromatic carbocycles. The van der Waals surface area contributed by atoms with Crippen LogP contribution < -0.4 is 11.5 Å². The van der Waals surface area contributed by atoms with E-state index in [2.05, 4.69) is 21.9 Å². The molecule has 0 saturated heterocycles. The minimum absolute atomic E-state index is 0.0430. The van der Waals surface area contributed by atoms with E-state index in [4.69, 9.17) is 20.9 Å². The van der Waals surface area contributed by atoms with Crippen LogP contribution in [-0.4, -0.2) is 50.7 Å². The van der Waals surface area contributed by atoms with Crippen molar-refractivity contribution in [2.75, 3.05) is 18.9 Å². The fraction of sp³-hybridized carbons (Fsp3) is 0.794. The number of hydrogen-bond acceptors (Lipinski definition) is 9. The number of unbranched alkanes of at least 4 members (excludes halogenated alkanes) is 14. The number of imidazole rings is 1. The van der Waals surface area contributed by atoms with E-state index in [9.17, 15) is 9.59 Å². The largest absolute Gasteiger partial charge is 0.465 e. The van der Waals surface area contributed by atoms with E-state index in [1.54, 1.807) is 12.5 Å². The van der Waals surface area contributed by atoms with Crippen molar-refractivity contribution in [2.24, 2.45) is 17.6 Å². The van der Waals surface area contributed by atoms with E-state index in [0.29, 0.717) is 30.6 Å². The predicted octanol–water partition coefficient (Wildman–Crippen LogP) is 7.14. The maximum Gasteiger partial charge on any atom is 0.323 e. The molecule has 0 radical (unpaired) electrons. The molecule has 0 fully saturated rings. The second-order valence-electron chi connectivity index (χ2n) is 12.5. The molecule has 0 aliphatic heterocycles. The van der Waals surface area contributed by atoms with Crippen LogP contribution in [0.2, 0.25) is 0 Å². The molecule has 10 nitrogen and oxygen atoms in total. The third-order valence-electron chi connectivity index (χ3n) is 8.60. The summed E-state index contributed by atoms with van der Waals surface area (Å²) >= 11 is 0. The Bertz CT molecular complexity index is 1060. The van der Waals surface area contributed by atoms with Crippen LogP contribution in [0, 0.1) is 11.8 Å². The highest BCUT2D eigenvalue weighted by Crippen LogP contribution is 2.17. The summed E-state index contributed by atoms with van der Waals surface area (Å²) in [6, 6.07) is -0.650. The Morgan fingerprint density at radius 3 is 2.05 bits per heavy atom. The van der Waals surface area contributed by atoms with Gasteiger partial charge in [-0.1, -0.05) is 117 Å². The number of aromatic nitrogens is 4. The average Bonchev–Trinajstić information content (AvgIpc) is 3.41. The van der Waals surface area contributed by atoms with Gasteiger partial charge in [-0.15, -0.1) is 0 Å². The van der Waals surface area contributed by atoms with Gasteiger partial charge in [0.25, 0.3) is 0 Å². The van der Waals surface area contributed by atoms with Gasteiger partial charge in [0.1, 0.15) is 11.6 Å². The quantitative estimate of drug-likeness (QED) is 0.0831. The number of anilines is 1. The number of carbonyl (C=O) groups excluding carboxylic acids is 2. The Morgan fingerprint density at radius 1 is 0.864 bits per heavy atom.